The second-order valence-electron chi connectivity index (χ2n) is 4.27. The normalized spacial score (nSPS) is 20.1. The largest absolute Gasteiger partial charge is 0.348 e. The van der Waals surface area contributed by atoms with Gasteiger partial charge in [-0.25, -0.2) is 0 Å². The number of carbonyl (C=O) groups is 1. The molecule has 14 heavy (non-hydrogen) atoms. The molecule has 1 N–H and O–H groups in total. The van der Waals surface area contributed by atoms with E-state index < -0.39 is 0 Å². The fourth-order valence-electron chi connectivity index (χ4n) is 1.39. The van der Waals surface area contributed by atoms with Crippen molar-refractivity contribution in [3.63, 3.8) is 0 Å². The lowest BCUT2D eigenvalue weighted by atomic mass is 10.1. The molecule has 0 spiro atoms. The summed E-state index contributed by atoms with van der Waals surface area (Å²) in [5.74, 6) is 0.207. The molecule has 1 aliphatic carbocycles. The quantitative estimate of drug-likeness (QED) is 0.814. The summed E-state index contributed by atoms with van der Waals surface area (Å²) >= 11 is 1.69. The lowest BCUT2D eigenvalue weighted by Crippen LogP contribution is -2.32. The zero-order valence-electron chi connectivity index (χ0n) is 8.54. The van der Waals surface area contributed by atoms with Crippen LogP contribution in [0.25, 0.3) is 0 Å². The molecule has 1 saturated carbocycles. The van der Waals surface area contributed by atoms with E-state index in [1.54, 1.807) is 11.3 Å². The van der Waals surface area contributed by atoms with Crippen LogP contribution in [0.5, 0.6) is 0 Å². The van der Waals surface area contributed by atoms with Crippen molar-refractivity contribution in [2.75, 3.05) is 0 Å². The molecular formula is C11H15NOS. The van der Waals surface area contributed by atoms with Crippen LogP contribution in [-0.4, -0.2) is 5.91 Å². The minimum absolute atomic E-state index is 0.0640. The van der Waals surface area contributed by atoms with Crippen molar-refractivity contribution in [3.8, 4) is 0 Å². The Bertz CT molecular complexity index is 327. The summed E-state index contributed by atoms with van der Waals surface area (Å²) in [5, 5.41) is 5.09. The minimum Gasteiger partial charge on any atom is -0.348 e. The molecule has 2 nitrogen and oxygen atoms in total. The summed E-state index contributed by atoms with van der Waals surface area (Å²) in [6.07, 6.45) is 2.08. The highest BCUT2D eigenvalue weighted by molar-refractivity contribution is 7.10. The van der Waals surface area contributed by atoms with Gasteiger partial charge < -0.3 is 5.32 Å². The summed E-state index contributed by atoms with van der Waals surface area (Å²) in [4.78, 5) is 13.0. The maximum atomic E-state index is 11.7. The molecule has 1 heterocycles. The molecule has 0 aliphatic heterocycles. The molecule has 1 fully saturated rings. The number of hydrogen-bond donors (Lipinski definition) is 1. The van der Waals surface area contributed by atoms with Gasteiger partial charge >= 0.3 is 0 Å². The lowest BCUT2D eigenvalue weighted by molar-refractivity contribution is -0.126. The van der Waals surface area contributed by atoms with Gasteiger partial charge in [0.15, 0.2) is 0 Å². The Hall–Kier alpha value is -0.830. The minimum atomic E-state index is -0.0640. The summed E-state index contributed by atoms with van der Waals surface area (Å²) < 4.78 is 0. The number of nitrogens with one attached hydrogen (secondary N) is 1. The van der Waals surface area contributed by atoms with Crippen LogP contribution in [0.15, 0.2) is 17.5 Å². The van der Waals surface area contributed by atoms with Crippen molar-refractivity contribution in [2.45, 2.75) is 32.7 Å². The van der Waals surface area contributed by atoms with Crippen molar-refractivity contribution in [1.82, 2.24) is 5.32 Å². The number of amides is 1. The van der Waals surface area contributed by atoms with Crippen molar-refractivity contribution < 1.29 is 4.79 Å². The van der Waals surface area contributed by atoms with Gasteiger partial charge in [-0.2, -0.15) is 0 Å². The standard InChI is InChI=1S/C11H15NOS/c1-8(9-4-3-7-14-9)12-10(13)11(2)5-6-11/h3-4,7-8H,5-6H2,1-2H3,(H,12,13). The van der Waals surface area contributed by atoms with Crippen LogP contribution in [0.3, 0.4) is 0 Å². The first-order chi connectivity index (χ1) is 6.62. The van der Waals surface area contributed by atoms with Crippen molar-refractivity contribution in [3.05, 3.63) is 22.4 Å². The van der Waals surface area contributed by atoms with Gasteiger partial charge in [-0.05, 0) is 31.2 Å². The van der Waals surface area contributed by atoms with Crippen LogP contribution in [0.1, 0.15) is 37.6 Å². The van der Waals surface area contributed by atoms with E-state index >= 15 is 0 Å². The van der Waals surface area contributed by atoms with E-state index in [0.29, 0.717) is 0 Å². The highest BCUT2D eigenvalue weighted by Gasteiger charge is 2.45. The second-order valence-corrected chi connectivity index (χ2v) is 5.25. The second kappa shape index (κ2) is 3.39. The van der Waals surface area contributed by atoms with Crippen LogP contribution >= 0.6 is 11.3 Å². The summed E-state index contributed by atoms with van der Waals surface area (Å²) in [6, 6.07) is 4.23. The molecule has 0 radical (unpaired) electrons. The number of hydrogen-bond acceptors (Lipinski definition) is 2. The van der Waals surface area contributed by atoms with Crippen molar-refractivity contribution in [2.24, 2.45) is 5.41 Å². The topological polar surface area (TPSA) is 29.1 Å². The van der Waals surface area contributed by atoms with E-state index in [1.807, 2.05) is 25.3 Å². The van der Waals surface area contributed by atoms with E-state index in [2.05, 4.69) is 11.4 Å². The third kappa shape index (κ3) is 1.82. The predicted octanol–water partition coefficient (Wildman–Crippen LogP) is 2.73. The third-order valence-electron chi connectivity index (χ3n) is 2.87. The summed E-state index contributed by atoms with van der Waals surface area (Å²) in [6.45, 7) is 4.07. The molecule has 3 heteroatoms. The van der Waals surface area contributed by atoms with E-state index in [9.17, 15) is 4.79 Å². The maximum absolute atomic E-state index is 11.7. The SMILES string of the molecule is CC(NC(=O)C1(C)CC1)c1cccs1. The Balaban J connectivity index is 1.95. The predicted molar refractivity (Wildman–Crippen MR) is 58.2 cm³/mol. The van der Waals surface area contributed by atoms with Crippen LogP contribution in [0, 0.1) is 5.41 Å². The van der Waals surface area contributed by atoms with Crippen LogP contribution in [0.2, 0.25) is 0 Å². The maximum Gasteiger partial charge on any atom is 0.226 e. The van der Waals surface area contributed by atoms with Gasteiger partial charge in [0.2, 0.25) is 5.91 Å². The monoisotopic (exact) mass is 209 g/mol. The van der Waals surface area contributed by atoms with E-state index in [4.69, 9.17) is 0 Å². The van der Waals surface area contributed by atoms with Gasteiger partial charge in [-0.1, -0.05) is 13.0 Å². The first-order valence-electron chi connectivity index (χ1n) is 4.96. The molecule has 1 aromatic heterocycles. The highest BCUT2D eigenvalue weighted by Crippen LogP contribution is 2.45. The fraction of sp³-hybridized carbons (Fsp3) is 0.545. The molecule has 1 aromatic rings. The Labute approximate surface area is 88.3 Å². The van der Waals surface area contributed by atoms with Crippen LogP contribution < -0.4 is 5.32 Å². The Morgan fingerprint density at radius 2 is 2.36 bits per heavy atom. The summed E-state index contributed by atoms with van der Waals surface area (Å²) in [7, 11) is 0. The first kappa shape index (κ1) is 9.71. The van der Waals surface area contributed by atoms with Crippen LogP contribution in [-0.2, 0) is 4.79 Å². The number of rotatable bonds is 3. The van der Waals surface area contributed by atoms with Crippen molar-refractivity contribution in [1.29, 1.82) is 0 Å². The smallest absolute Gasteiger partial charge is 0.226 e. The molecule has 76 valence electrons. The Morgan fingerprint density at radius 1 is 1.64 bits per heavy atom. The number of carbonyl (C=O) groups excluding carboxylic acids is 1. The van der Waals surface area contributed by atoms with Gasteiger partial charge in [0.1, 0.15) is 0 Å². The molecule has 0 bridgehead atoms. The van der Waals surface area contributed by atoms with Gasteiger partial charge in [-0.3, -0.25) is 4.79 Å². The lowest BCUT2D eigenvalue weighted by Gasteiger charge is -2.15. The first-order valence-corrected chi connectivity index (χ1v) is 5.84. The molecule has 1 unspecified atom stereocenters. The number of thiophene rings is 1. The molecular weight excluding hydrogens is 194 g/mol. The average Bonchev–Trinajstić information content (AvgIpc) is 2.71. The molecule has 1 aliphatic rings. The molecule has 0 aromatic carbocycles. The zero-order valence-corrected chi connectivity index (χ0v) is 9.36. The molecule has 1 atom stereocenters. The zero-order chi connectivity index (χ0) is 10.2. The molecule has 1 amide bonds. The molecule has 2 rings (SSSR count). The Kier molecular flexibility index (Phi) is 2.35. The van der Waals surface area contributed by atoms with Gasteiger partial charge in [0.25, 0.3) is 0 Å². The fourth-order valence-corrected chi connectivity index (χ4v) is 2.13. The van der Waals surface area contributed by atoms with Gasteiger partial charge in [0, 0.05) is 10.3 Å². The van der Waals surface area contributed by atoms with Gasteiger partial charge in [-0.15, -0.1) is 11.3 Å². The highest BCUT2D eigenvalue weighted by atomic mass is 32.1. The van der Waals surface area contributed by atoms with Crippen molar-refractivity contribution >= 4 is 17.2 Å². The van der Waals surface area contributed by atoms with E-state index in [1.165, 1.54) is 4.88 Å². The van der Waals surface area contributed by atoms with Gasteiger partial charge in [0.05, 0.1) is 6.04 Å². The Morgan fingerprint density at radius 3 is 2.86 bits per heavy atom. The molecule has 0 saturated heterocycles. The average molecular weight is 209 g/mol. The third-order valence-corrected chi connectivity index (χ3v) is 3.92. The van der Waals surface area contributed by atoms with E-state index in [0.717, 1.165) is 12.8 Å². The summed E-state index contributed by atoms with van der Waals surface area (Å²) in [5.41, 5.74) is -0.0640. The van der Waals surface area contributed by atoms with E-state index in [-0.39, 0.29) is 17.4 Å². The van der Waals surface area contributed by atoms with Crippen LogP contribution in [0.4, 0.5) is 0 Å².